The lowest BCUT2D eigenvalue weighted by molar-refractivity contribution is 0.244. The molecule has 4 aromatic rings. The van der Waals surface area contributed by atoms with Gasteiger partial charge in [0, 0.05) is 37.3 Å². The second-order valence-electron chi connectivity index (χ2n) is 6.40. The van der Waals surface area contributed by atoms with Gasteiger partial charge < -0.3 is 0 Å². The molecule has 0 unspecified atom stereocenters. The molecule has 0 N–H and O–H groups in total. The molecule has 0 fully saturated rings. The van der Waals surface area contributed by atoms with Gasteiger partial charge in [-0.3, -0.25) is 14.1 Å². The Bertz CT molecular complexity index is 1090. The number of halogens is 1. The number of hydrogen-bond donors (Lipinski definition) is 0. The molecule has 6 heteroatoms. The zero-order valence-corrected chi connectivity index (χ0v) is 15.4. The van der Waals surface area contributed by atoms with Gasteiger partial charge in [0.2, 0.25) is 0 Å². The predicted octanol–water partition coefficient (Wildman–Crippen LogP) is 4.10. The van der Waals surface area contributed by atoms with Gasteiger partial charge in [-0.1, -0.05) is 42.5 Å². The zero-order chi connectivity index (χ0) is 18.6. The Hall–Kier alpha value is -2.83. The lowest BCUT2D eigenvalue weighted by atomic mass is 10.1. The van der Waals surface area contributed by atoms with Crippen LogP contribution in [0.5, 0.6) is 0 Å². The summed E-state index contributed by atoms with van der Waals surface area (Å²) in [5.41, 5.74) is 2.85. The van der Waals surface area contributed by atoms with Crippen molar-refractivity contribution in [1.29, 1.82) is 0 Å². The quantitative estimate of drug-likeness (QED) is 0.506. The Labute approximate surface area is 160 Å². The van der Waals surface area contributed by atoms with Gasteiger partial charge in [-0.2, -0.15) is 0 Å². The van der Waals surface area contributed by atoms with Crippen molar-refractivity contribution >= 4 is 16.3 Å². The molecule has 4 nitrogen and oxygen atoms in total. The van der Waals surface area contributed by atoms with E-state index in [4.69, 9.17) is 0 Å². The van der Waals surface area contributed by atoms with Gasteiger partial charge in [-0.05, 0) is 23.3 Å². The Morgan fingerprint density at radius 3 is 2.41 bits per heavy atom. The van der Waals surface area contributed by atoms with E-state index in [-0.39, 0.29) is 11.4 Å². The summed E-state index contributed by atoms with van der Waals surface area (Å²) in [6.45, 7) is 1.89. The molecule has 4 rings (SSSR count). The molecular formula is C21H18FN3OS. The van der Waals surface area contributed by atoms with Crippen LogP contribution in [0, 0.1) is 5.82 Å². The van der Waals surface area contributed by atoms with Gasteiger partial charge in [-0.15, -0.1) is 11.3 Å². The highest BCUT2D eigenvalue weighted by atomic mass is 32.1. The van der Waals surface area contributed by atoms with E-state index in [0.717, 1.165) is 11.3 Å². The van der Waals surface area contributed by atoms with Gasteiger partial charge in [0.25, 0.3) is 5.56 Å². The number of thiazole rings is 1. The summed E-state index contributed by atoms with van der Waals surface area (Å²) in [5.74, 6) is -0.244. The highest BCUT2D eigenvalue weighted by molar-refractivity contribution is 7.15. The van der Waals surface area contributed by atoms with Crippen LogP contribution in [0.1, 0.15) is 16.8 Å². The van der Waals surface area contributed by atoms with E-state index >= 15 is 0 Å². The third-order valence-corrected chi connectivity index (χ3v) is 5.07. The second kappa shape index (κ2) is 7.82. The monoisotopic (exact) mass is 379 g/mol. The maximum atomic E-state index is 13.2. The van der Waals surface area contributed by atoms with Gasteiger partial charge in [0.05, 0.1) is 5.69 Å². The average Bonchev–Trinajstić information content (AvgIpc) is 3.14. The molecule has 27 heavy (non-hydrogen) atoms. The highest BCUT2D eigenvalue weighted by Crippen LogP contribution is 2.15. The van der Waals surface area contributed by atoms with E-state index in [1.165, 1.54) is 29.0 Å². The molecule has 0 aliphatic rings. The Balaban J connectivity index is 1.61. The average molecular weight is 379 g/mol. The van der Waals surface area contributed by atoms with Crippen LogP contribution < -0.4 is 5.56 Å². The molecule has 0 saturated carbocycles. The van der Waals surface area contributed by atoms with Crippen LogP contribution in [0.25, 0.3) is 4.96 Å². The Morgan fingerprint density at radius 2 is 1.67 bits per heavy atom. The van der Waals surface area contributed by atoms with Crippen LogP contribution in [0.15, 0.2) is 77.0 Å². The minimum absolute atomic E-state index is 0.0716. The Kier molecular flexibility index (Phi) is 5.09. The zero-order valence-electron chi connectivity index (χ0n) is 14.6. The van der Waals surface area contributed by atoms with Crippen molar-refractivity contribution in [3.05, 3.63) is 105 Å². The molecule has 0 saturated heterocycles. The summed E-state index contributed by atoms with van der Waals surface area (Å²) in [5, 5.41) is 1.85. The van der Waals surface area contributed by atoms with Crippen molar-refractivity contribution in [3.8, 4) is 0 Å². The largest absolute Gasteiger partial charge is 0.289 e. The predicted molar refractivity (Wildman–Crippen MR) is 105 cm³/mol. The molecule has 2 aromatic heterocycles. The van der Waals surface area contributed by atoms with Gasteiger partial charge >= 0.3 is 0 Å². The van der Waals surface area contributed by atoms with Crippen LogP contribution in [0.3, 0.4) is 0 Å². The van der Waals surface area contributed by atoms with Crippen LogP contribution in [-0.4, -0.2) is 14.3 Å². The topological polar surface area (TPSA) is 37.6 Å². The first-order valence-electron chi connectivity index (χ1n) is 8.64. The molecule has 2 heterocycles. The van der Waals surface area contributed by atoms with Crippen molar-refractivity contribution in [2.45, 2.75) is 19.6 Å². The number of benzene rings is 2. The fraction of sp³-hybridized carbons (Fsp3) is 0.143. The maximum absolute atomic E-state index is 13.2. The van der Waals surface area contributed by atoms with Crippen molar-refractivity contribution in [3.63, 3.8) is 0 Å². The standard InChI is InChI=1S/C21H18FN3OS/c22-18-8-6-17(7-9-18)14-24(13-16-4-2-1-3-5-16)15-19-12-20(26)25-10-11-27-21(25)23-19/h1-12H,13-15H2. The van der Waals surface area contributed by atoms with Crippen LogP contribution in [0.4, 0.5) is 4.39 Å². The molecule has 0 bridgehead atoms. The molecular weight excluding hydrogens is 361 g/mol. The van der Waals surface area contributed by atoms with E-state index in [2.05, 4.69) is 22.0 Å². The summed E-state index contributed by atoms with van der Waals surface area (Å²) < 4.78 is 14.8. The fourth-order valence-corrected chi connectivity index (χ4v) is 3.79. The summed E-state index contributed by atoms with van der Waals surface area (Å²) in [7, 11) is 0. The Morgan fingerprint density at radius 1 is 0.963 bits per heavy atom. The first kappa shape index (κ1) is 17.6. The SMILES string of the molecule is O=c1cc(CN(Cc2ccccc2)Cc2ccc(F)cc2)nc2sccn12. The minimum atomic E-state index is -0.244. The van der Waals surface area contributed by atoms with Crippen molar-refractivity contribution in [2.24, 2.45) is 0 Å². The minimum Gasteiger partial charge on any atom is -0.289 e. The lowest BCUT2D eigenvalue weighted by Crippen LogP contribution is -2.24. The van der Waals surface area contributed by atoms with Crippen LogP contribution in [-0.2, 0) is 19.6 Å². The highest BCUT2D eigenvalue weighted by Gasteiger charge is 2.11. The first-order valence-corrected chi connectivity index (χ1v) is 9.52. The molecule has 136 valence electrons. The molecule has 0 aliphatic carbocycles. The number of fused-ring (bicyclic) bond motifs is 1. The number of hydrogen-bond acceptors (Lipinski definition) is 4. The van der Waals surface area contributed by atoms with Gasteiger partial charge in [-0.25, -0.2) is 9.37 Å². The van der Waals surface area contributed by atoms with E-state index in [9.17, 15) is 9.18 Å². The third-order valence-electron chi connectivity index (χ3n) is 4.31. The van der Waals surface area contributed by atoms with E-state index in [0.29, 0.717) is 24.6 Å². The number of aromatic nitrogens is 2. The fourth-order valence-electron chi connectivity index (χ4n) is 3.06. The molecule has 2 aromatic carbocycles. The number of nitrogens with zero attached hydrogens (tertiary/aromatic N) is 3. The van der Waals surface area contributed by atoms with Crippen molar-refractivity contribution in [2.75, 3.05) is 0 Å². The van der Waals surface area contributed by atoms with Crippen LogP contribution >= 0.6 is 11.3 Å². The smallest absolute Gasteiger partial charge is 0.258 e. The van der Waals surface area contributed by atoms with Gasteiger partial charge in [0.15, 0.2) is 4.96 Å². The van der Waals surface area contributed by atoms with Crippen molar-refractivity contribution in [1.82, 2.24) is 14.3 Å². The van der Waals surface area contributed by atoms with E-state index in [1.54, 1.807) is 28.8 Å². The summed E-state index contributed by atoms with van der Waals surface area (Å²) in [6, 6.07) is 18.3. The van der Waals surface area contributed by atoms with Crippen molar-refractivity contribution < 1.29 is 4.39 Å². The third kappa shape index (κ3) is 4.30. The normalized spacial score (nSPS) is 11.3. The summed E-state index contributed by atoms with van der Waals surface area (Å²) >= 11 is 1.44. The summed E-state index contributed by atoms with van der Waals surface area (Å²) in [4.78, 5) is 19.8. The van der Waals surface area contributed by atoms with Crippen LogP contribution in [0.2, 0.25) is 0 Å². The van der Waals surface area contributed by atoms with E-state index < -0.39 is 0 Å². The van der Waals surface area contributed by atoms with E-state index in [1.807, 2.05) is 23.6 Å². The molecule has 0 radical (unpaired) electrons. The molecule has 0 amide bonds. The lowest BCUT2D eigenvalue weighted by Gasteiger charge is -2.22. The molecule has 0 spiro atoms. The molecule has 0 aliphatic heterocycles. The first-order chi connectivity index (χ1) is 13.2. The summed E-state index contributed by atoms with van der Waals surface area (Å²) in [6.07, 6.45) is 1.74. The number of rotatable bonds is 6. The second-order valence-corrected chi connectivity index (χ2v) is 7.27. The molecule has 0 atom stereocenters. The van der Waals surface area contributed by atoms with Gasteiger partial charge in [0.1, 0.15) is 5.82 Å². The maximum Gasteiger partial charge on any atom is 0.258 e.